The van der Waals surface area contributed by atoms with Gasteiger partial charge >= 0.3 is 5.97 Å². The number of aliphatic hydroxyl groups is 1. The predicted octanol–water partition coefficient (Wildman–Crippen LogP) is 0.740. The maximum Gasteiger partial charge on any atom is 0.315 e. The minimum absolute atomic E-state index is 0.272. The summed E-state index contributed by atoms with van der Waals surface area (Å²) >= 11 is 0. The van der Waals surface area contributed by atoms with Crippen molar-refractivity contribution < 1.29 is 19.4 Å². The van der Waals surface area contributed by atoms with Crippen LogP contribution >= 0.6 is 0 Å². The summed E-state index contributed by atoms with van der Waals surface area (Å²) in [5.74, 6) is -0.320. The average Bonchev–Trinajstić information content (AvgIpc) is 2.39. The van der Waals surface area contributed by atoms with Crippen LogP contribution in [0.5, 0.6) is 5.75 Å². The first-order valence-electron chi connectivity index (χ1n) is 5.45. The summed E-state index contributed by atoms with van der Waals surface area (Å²) < 4.78 is 10.1. The number of carbonyl (C=O) groups excluding carboxylic acids is 1. The van der Waals surface area contributed by atoms with Gasteiger partial charge in [0.15, 0.2) is 0 Å². The molecule has 1 atom stereocenters. The molecule has 0 saturated heterocycles. The molecule has 5 nitrogen and oxygen atoms in total. The van der Waals surface area contributed by atoms with Crippen LogP contribution in [0.2, 0.25) is 0 Å². The zero-order chi connectivity index (χ0) is 12.3. The molecular formula is C12H15NO4. The normalized spacial score (nSPS) is 15.2. The number of carbonyl (C=O) groups is 1. The summed E-state index contributed by atoms with van der Waals surface area (Å²) in [6, 6.07) is 5.37. The Hall–Kier alpha value is -1.75. The number of esters is 1. The highest BCUT2D eigenvalue weighted by molar-refractivity contribution is 5.79. The van der Waals surface area contributed by atoms with Gasteiger partial charge in [-0.25, -0.2) is 0 Å². The first-order chi connectivity index (χ1) is 8.26. The highest BCUT2D eigenvalue weighted by Gasteiger charge is 2.22. The van der Waals surface area contributed by atoms with Gasteiger partial charge in [-0.2, -0.15) is 0 Å². The number of hydrogen-bond donors (Lipinski definition) is 2. The number of hydrogen-bond acceptors (Lipinski definition) is 5. The fourth-order valence-corrected chi connectivity index (χ4v) is 1.83. The zero-order valence-corrected chi connectivity index (χ0v) is 9.60. The van der Waals surface area contributed by atoms with Gasteiger partial charge in [0.1, 0.15) is 18.3 Å². The Labute approximate surface area is 99.3 Å². The molecule has 0 aliphatic carbocycles. The summed E-state index contributed by atoms with van der Waals surface area (Å²) in [5.41, 5.74) is 1.56. The molecule has 0 aromatic heterocycles. The number of nitrogens with one attached hydrogen (secondary N) is 1. The van der Waals surface area contributed by atoms with E-state index in [0.29, 0.717) is 6.61 Å². The van der Waals surface area contributed by atoms with Crippen molar-refractivity contribution in [3.63, 3.8) is 0 Å². The number of anilines is 1. The van der Waals surface area contributed by atoms with Crippen molar-refractivity contribution in [2.24, 2.45) is 0 Å². The number of rotatable bonds is 3. The lowest BCUT2D eigenvalue weighted by atomic mass is 9.99. The number of methoxy groups -OCH3 is 1. The molecule has 0 amide bonds. The van der Waals surface area contributed by atoms with Crippen LogP contribution < -0.4 is 10.1 Å². The highest BCUT2D eigenvalue weighted by Crippen LogP contribution is 2.31. The second kappa shape index (κ2) is 5.05. The van der Waals surface area contributed by atoms with Crippen molar-refractivity contribution in [3.05, 3.63) is 23.8 Å². The molecular weight excluding hydrogens is 222 g/mol. The fourth-order valence-electron chi connectivity index (χ4n) is 1.83. The molecule has 1 aliphatic rings. The quantitative estimate of drug-likeness (QED) is 0.759. The van der Waals surface area contributed by atoms with Crippen LogP contribution in [-0.4, -0.2) is 37.9 Å². The lowest BCUT2D eigenvalue weighted by Crippen LogP contribution is -2.20. The summed E-state index contributed by atoms with van der Waals surface area (Å²) in [6.07, 6.45) is 0. The molecule has 2 N–H and O–H groups in total. The van der Waals surface area contributed by atoms with E-state index in [1.54, 1.807) is 12.1 Å². The minimum atomic E-state index is -0.644. The van der Waals surface area contributed by atoms with E-state index in [9.17, 15) is 9.90 Å². The Kier molecular flexibility index (Phi) is 3.49. The van der Waals surface area contributed by atoms with Crippen molar-refractivity contribution in [2.75, 3.05) is 32.2 Å². The topological polar surface area (TPSA) is 67.8 Å². The second-order valence-corrected chi connectivity index (χ2v) is 3.79. The molecule has 17 heavy (non-hydrogen) atoms. The maximum absolute atomic E-state index is 11.5. The number of aliphatic hydroxyl groups excluding tert-OH is 1. The van der Waals surface area contributed by atoms with E-state index in [4.69, 9.17) is 4.74 Å². The Bertz CT molecular complexity index is 419. The smallest absolute Gasteiger partial charge is 0.315 e. The molecule has 92 valence electrons. The standard InChI is InChI=1S/C12H15NO4/c1-16-12(15)9(7-14)8-2-3-11-10(6-8)13-4-5-17-11/h2-3,6,9,13-14H,4-5,7H2,1H3. The Morgan fingerprint density at radius 1 is 1.65 bits per heavy atom. The number of ether oxygens (including phenoxy) is 2. The van der Waals surface area contributed by atoms with Crippen molar-refractivity contribution in [3.8, 4) is 5.75 Å². The molecule has 0 fully saturated rings. The molecule has 1 aromatic carbocycles. The zero-order valence-electron chi connectivity index (χ0n) is 9.60. The van der Waals surface area contributed by atoms with Gasteiger partial charge in [-0.1, -0.05) is 6.07 Å². The summed E-state index contributed by atoms with van der Waals surface area (Å²) in [4.78, 5) is 11.5. The molecule has 5 heteroatoms. The van der Waals surface area contributed by atoms with Gasteiger partial charge < -0.3 is 19.9 Å². The van der Waals surface area contributed by atoms with Crippen molar-refractivity contribution in [2.45, 2.75) is 5.92 Å². The summed E-state index contributed by atoms with van der Waals surface area (Å²) in [7, 11) is 1.31. The molecule has 0 spiro atoms. The Balaban J connectivity index is 2.29. The summed E-state index contributed by atoms with van der Waals surface area (Å²) in [5, 5.41) is 12.4. The van der Waals surface area contributed by atoms with Crippen LogP contribution in [0.3, 0.4) is 0 Å². The first kappa shape index (κ1) is 11.7. The van der Waals surface area contributed by atoms with Crippen molar-refractivity contribution >= 4 is 11.7 Å². The van der Waals surface area contributed by atoms with E-state index in [-0.39, 0.29) is 6.61 Å². The van der Waals surface area contributed by atoms with Gasteiger partial charge in [-0.3, -0.25) is 4.79 Å². The fraction of sp³-hybridized carbons (Fsp3) is 0.417. The lowest BCUT2D eigenvalue weighted by Gasteiger charge is -2.21. The van der Waals surface area contributed by atoms with E-state index in [0.717, 1.165) is 23.5 Å². The van der Waals surface area contributed by atoms with E-state index in [2.05, 4.69) is 10.1 Å². The van der Waals surface area contributed by atoms with Crippen LogP contribution in [-0.2, 0) is 9.53 Å². The summed E-state index contributed by atoms with van der Waals surface area (Å²) in [6.45, 7) is 1.09. The van der Waals surface area contributed by atoms with Gasteiger partial charge in [-0.05, 0) is 17.7 Å². The molecule has 1 aromatic rings. The molecule has 0 saturated carbocycles. The third kappa shape index (κ3) is 2.34. The molecule has 0 bridgehead atoms. The van der Waals surface area contributed by atoms with Gasteiger partial charge in [0.05, 0.1) is 19.4 Å². The van der Waals surface area contributed by atoms with Gasteiger partial charge in [0, 0.05) is 6.54 Å². The van der Waals surface area contributed by atoms with Crippen molar-refractivity contribution in [1.29, 1.82) is 0 Å². The third-order valence-electron chi connectivity index (χ3n) is 2.75. The first-order valence-corrected chi connectivity index (χ1v) is 5.45. The van der Waals surface area contributed by atoms with E-state index < -0.39 is 11.9 Å². The second-order valence-electron chi connectivity index (χ2n) is 3.79. The number of benzene rings is 1. The molecule has 0 radical (unpaired) electrons. The monoisotopic (exact) mass is 237 g/mol. The molecule has 1 heterocycles. The molecule has 1 unspecified atom stereocenters. The van der Waals surface area contributed by atoms with Crippen LogP contribution in [0.25, 0.3) is 0 Å². The maximum atomic E-state index is 11.5. The number of fused-ring (bicyclic) bond motifs is 1. The van der Waals surface area contributed by atoms with E-state index >= 15 is 0 Å². The van der Waals surface area contributed by atoms with Gasteiger partial charge in [0.2, 0.25) is 0 Å². The van der Waals surface area contributed by atoms with Crippen LogP contribution in [0.1, 0.15) is 11.5 Å². The predicted molar refractivity (Wildman–Crippen MR) is 62.3 cm³/mol. The van der Waals surface area contributed by atoms with Gasteiger partial charge in [0.25, 0.3) is 0 Å². The van der Waals surface area contributed by atoms with Gasteiger partial charge in [-0.15, -0.1) is 0 Å². The largest absolute Gasteiger partial charge is 0.490 e. The van der Waals surface area contributed by atoms with Crippen LogP contribution in [0, 0.1) is 0 Å². The van der Waals surface area contributed by atoms with Crippen molar-refractivity contribution in [1.82, 2.24) is 0 Å². The average molecular weight is 237 g/mol. The highest BCUT2D eigenvalue weighted by atomic mass is 16.5. The van der Waals surface area contributed by atoms with E-state index in [1.807, 2.05) is 6.07 Å². The minimum Gasteiger partial charge on any atom is -0.490 e. The third-order valence-corrected chi connectivity index (χ3v) is 2.75. The van der Waals surface area contributed by atoms with Crippen LogP contribution in [0.15, 0.2) is 18.2 Å². The Morgan fingerprint density at radius 3 is 3.18 bits per heavy atom. The lowest BCUT2D eigenvalue weighted by molar-refractivity contribution is -0.143. The van der Waals surface area contributed by atoms with Crippen LogP contribution in [0.4, 0.5) is 5.69 Å². The Morgan fingerprint density at radius 2 is 2.47 bits per heavy atom. The SMILES string of the molecule is COC(=O)C(CO)c1ccc2c(c1)NCCO2. The van der Waals surface area contributed by atoms with E-state index in [1.165, 1.54) is 7.11 Å². The molecule has 2 rings (SSSR count). The molecule has 1 aliphatic heterocycles.